The molecule has 0 aliphatic heterocycles. The van der Waals surface area contributed by atoms with Crippen molar-refractivity contribution in [2.45, 2.75) is 13.8 Å². The molecule has 0 saturated heterocycles. The lowest BCUT2D eigenvalue weighted by atomic mass is 10.4. The summed E-state index contributed by atoms with van der Waals surface area (Å²) in [5.41, 5.74) is 0.863. The zero-order chi connectivity index (χ0) is 12.5. The highest BCUT2D eigenvalue weighted by molar-refractivity contribution is 5.08. The summed E-state index contributed by atoms with van der Waals surface area (Å²) in [6.45, 7) is 4.47. The van der Waals surface area contributed by atoms with E-state index in [1.807, 2.05) is 38.1 Å². The van der Waals surface area contributed by atoms with Gasteiger partial charge < -0.3 is 9.72 Å². The van der Waals surface area contributed by atoms with Crippen LogP contribution in [0.1, 0.15) is 12.6 Å². The van der Waals surface area contributed by atoms with Crippen LogP contribution in [-0.2, 0) is 0 Å². The molecule has 1 N–H and O–H groups in total. The van der Waals surface area contributed by atoms with E-state index >= 15 is 0 Å². The van der Waals surface area contributed by atoms with Crippen molar-refractivity contribution in [1.29, 1.82) is 0 Å². The molecule has 0 aliphatic rings. The van der Waals surface area contributed by atoms with Crippen LogP contribution in [0.2, 0.25) is 0 Å². The van der Waals surface area contributed by atoms with Gasteiger partial charge in [0.15, 0.2) is 0 Å². The molecule has 0 aromatic carbocycles. The Morgan fingerprint density at radius 2 is 2.06 bits per heavy atom. The van der Waals surface area contributed by atoms with Gasteiger partial charge in [0.2, 0.25) is 11.4 Å². The van der Waals surface area contributed by atoms with Crippen LogP contribution in [0.3, 0.4) is 0 Å². The molecule has 2 aromatic heterocycles. The van der Waals surface area contributed by atoms with Crippen LogP contribution in [0.25, 0.3) is 0 Å². The van der Waals surface area contributed by atoms with Crippen molar-refractivity contribution in [2.75, 3.05) is 6.61 Å². The molecule has 0 unspecified atom stereocenters. The molecule has 0 saturated carbocycles. The van der Waals surface area contributed by atoms with Gasteiger partial charge >= 0.3 is 0 Å². The van der Waals surface area contributed by atoms with Crippen molar-refractivity contribution in [1.82, 2.24) is 9.97 Å². The van der Waals surface area contributed by atoms with Crippen molar-refractivity contribution < 1.29 is 4.74 Å². The van der Waals surface area contributed by atoms with E-state index in [-0.39, 0.29) is 5.56 Å². The van der Waals surface area contributed by atoms with E-state index in [0.29, 0.717) is 12.5 Å². The van der Waals surface area contributed by atoms with Gasteiger partial charge in [-0.3, -0.25) is 4.79 Å². The van der Waals surface area contributed by atoms with Crippen LogP contribution in [0.15, 0.2) is 47.4 Å². The molecule has 2 heterocycles. The Labute approximate surface area is 100 Å². The Bertz CT molecular complexity index is 480. The van der Waals surface area contributed by atoms with Crippen LogP contribution in [0.4, 0.5) is 0 Å². The second kappa shape index (κ2) is 7.22. The molecular formula is C13H16N2O2. The highest BCUT2D eigenvalue weighted by atomic mass is 16.5. The molecule has 0 spiro atoms. The number of aryl methyl sites for hydroxylation is 1. The van der Waals surface area contributed by atoms with E-state index in [2.05, 4.69) is 9.97 Å². The molecule has 0 aliphatic carbocycles. The zero-order valence-electron chi connectivity index (χ0n) is 10.0. The fourth-order valence-electron chi connectivity index (χ4n) is 1.14. The van der Waals surface area contributed by atoms with Crippen LogP contribution in [0, 0.1) is 6.92 Å². The summed E-state index contributed by atoms with van der Waals surface area (Å²) in [6.07, 6.45) is 1.71. The number of pyridine rings is 2. The Hall–Kier alpha value is -2.10. The number of aromatic amines is 1. The van der Waals surface area contributed by atoms with E-state index in [9.17, 15) is 4.79 Å². The van der Waals surface area contributed by atoms with Gasteiger partial charge in [0, 0.05) is 24.0 Å². The molecule has 0 fully saturated rings. The van der Waals surface area contributed by atoms with Crippen molar-refractivity contribution in [3.63, 3.8) is 0 Å². The predicted molar refractivity (Wildman–Crippen MR) is 67.2 cm³/mol. The summed E-state index contributed by atoms with van der Waals surface area (Å²) in [5.74, 6) is 0.694. The van der Waals surface area contributed by atoms with E-state index in [4.69, 9.17) is 4.74 Å². The lowest BCUT2D eigenvalue weighted by molar-refractivity contribution is 0.327. The first-order valence-corrected chi connectivity index (χ1v) is 5.42. The topological polar surface area (TPSA) is 55.0 Å². The monoisotopic (exact) mass is 232 g/mol. The van der Waals surface area contributed by atoms with E-state index in [1.54, 1.807) is 12.3 Å². The average molecular weight is 232 g/mol. The molecule has 0 amide bonds. The molecule has 4 nitrogen and oxygen atoms in total. The maximum absolute atomic E-state index is 10.4. The molecule has 0 radical (unpaired) electrons. The zero-order valence-corrected chi connectivity index (χ0v) is 10.0. The van der Waals surface area contributed by atoms with E-state index < -0.39 is 0 Å². The molecule has 4 heteroatoms. The van der Waals surface area contributed by atoms with Crippen LogP contribution in [-0.4, -0.2) is 16.6 Å². The van der Waals surface area contributed by atoms with E-state index in [1.165, 1.54) is 6.07 Å². The molecule has 0 atom stereocenters. The highest BCUT2D eigenvalue weighted by Gasteiger charge is 1.85. The average Bonchev–Trinajstić information content (AvgIpc) is 2.31. The Kier molecular flexibility index (Phi) is 5.51. The maximum atomic E-state index is 10.4. The van der Waals surface area contributed by atoms with Gasteiger partial charge in [-0.2, -0.15) is 0 Å². The Morgan fingerprint density at radius 3 is 2.53 bits per heavy atom. The maximum Gasteiger partial charge on any atom is 0.248 e. The van der Waals surface area contributed by atoms with Gasteiger partial charge in [-0.1, -0.05) is 12.1 Å². The second-order valence-electron chi connectivity index (χ2n) is 3.30. The standard InChI is InChI=1S/C7H9NO.C6H7NO/c1-2-9-7-5-3-4-6-8-7;1-5-3-2-4-6(8)7-5/h3-6H,2H2,1H3;2-4H,1H3,(H,7,8). The summed E-state index contributed by atoms with van der Waals surface area (Å²) in [4.78, 5) is 17.0. The molecule has 2 rings (SSSR count). The summed E-state index contributed by atoms with van der Waals surface area (Å²) in [6, 6.07) is 10.7. The fraction of sp³-hybridized carbons (Fsp3) is 0.231. The smallest absolute Gasteiger partial charge is 0.248 e. The Balaban J connectivity index is 0.000000171. The van der Waals surface area contributed by atoms with Crippen molar-refractivity contribution in [3.05, 3.63) is 58.6 Å². The fourth-order valence-corrected chi connectivity index (χ4v) is 1.14. The lowest BCUT2D eigenvalue weighted by Gasteiger charge is -1.97. The summed E-state index contributed by atoms with van der Waals surface area (Å²) >= 11 is 0. The second-order valence-corrected chi connectivity index (χ2v) is 3.30. The van der Waals surface area contributed by atoms with Gasteiger partial charge in [0.05, 0.1) is 6.61 Å². The quantitative estimate of drug-likeness (QED) is 0.863. The minimum Gasteiger partial charge on any atom is -0.478 e. The minimum atomic E-state index is -0.0370. The number of H-pyrrole nitrogens is 1. The highest BCUT2D eigenvalue weighted by Crippen LogP contribution is 2.01. The van der Waals surface area contributed by atoms with E-state index in [0.717, 1.165) is 5.69 Å². The van der Waals surface area contributed by atoms with Crippen molar-refractivity contribution >= 4 is 0 Å². The number of hydrogen-bond acceptors (Lipinski definition) is 3. The number of hydrogen-bond donors (Lipinski definition) is 1. The predicted octanol–water partition coefficient (Wildman–Crippen LogP) is 2.16. The number of aromatic nitrogens is 2. The molecule has 0 bridgehead atoms. The Morgan fingerprint density at radius 1 is 1.24 bits per heavy atom. The first-order valence-electron chi connectivity index (χ1n) is 5.42. The van der Waals surface area contributed by atoms with Gasteiger partial charge in [0.1, 0.15) is 0 Å². The summed E-state index contributed by atoms with van der Waals surface area (Å²) < 4.78 is 5.09. The third kappa shape index (κ3) is 5.51. The number of rotatable bonds is 2. The number of nitrogens with zero attached hydrogens (tertiary/aromatic N) is 1. The molecule has 90 valence electrons. The van der Waals surface area contributed by atoms with Crippen LogP contribution in [0.5, 0.6) is 5.88 Å². The van der Waals surface area contributed by atoms with Gasteiger partial charge in [0.25, 0.3) is 0 Å². The number of ether oxygens (including phenoxy) is 1. The lowest BCUT2D eigenvalue weighted by Crippen LogP contribution is -2.02. The summed E-state index contributed by atoms with van der Waals surface area (Å²) in [7, 11) is 0. The molecular weight excluding hydrogens is 216 g/mol. The van der Waals surface area contributed by atoms with Gasteiger partial charge in [-0.25, -0.2) is 4.98 Å². The normalized spacial score (nSPS) is 9.06. The first-order chi connectivity index (χ1) is 8.22. The number of nitrogens with one attached hydrogen (secondary N) is 1. The van der Waals surface area contributed by atoms with Crippen LogP contribution >= 0.6 is 0 Å². The van der Waals surface area contributed by atoms with Crippen molar-refractivity contribution in [3.8, 4) is 5.88 Å². The first kappa shape index (κ1) is 13.0. The molecule has 2 aromatic rings. The third-order valence-corrected chi connectivity index (χ3v) is 1.84. The van der Waals surface area contributed by atoms with Gasteiger partial charge in [-0.15, -0.1) is 0 Å². The molecule has 17 heavy (non-hydrogen) atoms. The largest absolute Gasteiger partial charge is 0.478 e. The third-order valence-electron chi connectivity index (χ3n) is 1.84. The van der Waals surface area contributed by atoms with Gasteiger partial charge in [-0.05, 0) is 26.0 Å². The minimum absolute atomic E-state index is 0.0370. The van der Waals surface area contributed by atoms with Crippen molar-refractivity contribution in [2.24, 2.45) is 0 Å². The SMILES string of the molecule is CCOc1ccccn1.Cc1cccc(=O)[nH]1. The summed E-state index contributed by atoms with van der Waals surface area (Å²) in [5, 5.41) is 0. The van der Waals surface area contributed by atoms with Crippen LogP contribution < -0.4 is 10.3 Å².